The van der Waals surface area contributed by atoms with Crippen LogP contribution in [0.3, 0.4) is 0 Å². The lowest BCUT2D eigenvalue weighted by Crippen LogP contribution is -2.33. The van der Waals surface area contributed by atoms with Crippen molar-refractivity contribution in [3.8, 4) is 0 Å². The van der Waals surface area contributed by atoms with E-state index in [4.69, 9.17) is 0 Å². The van der Waals surface area contributed by atoms with E-state index in [1.807, 2.05) is 0 Å². The SMILES string of the molecule is CCC(C)(CC)C(NC(C)C)=C1CC1. The van der Waals surface area contributed by atoms with E-state index in [2.05, 4.69) is 39.9 Å². The third-order valence-electron chi connectivity index (χ3n) is 3.45. The van der Waals surface area contributed by atoms with E-state index in [1.54, 1.807) is 11.3 Å². The van der Waals surface area contributed by atoms with E-state index in [-0.39, 0.29) is 0 Å². The van der Waals surface area contributed by atoms with Gasteiger partial charge in [0.15, 0.2) is 0 Å². The van der Waals surface area contributed by atoms with Crippen molar-refractivity contribution in [1.29, 1.82) is 0 Å². The second kappa shape index (κ2) is 4.37. The smallest absolute Gasteiger partial charge is 0.0201 e. The zero-order valence-corrected chi connectivity index (χ0v) is 10.4. The summed E-state index contributed by atoms with van der Waals surface area (Å²) in [5.41, 5.74) is 3.61. The minimum atomic E-state index is 0.385. The van der Waals surface area contributed by atoms with Crippen LogP contribution in [0.5, 0.6) is 0 Å². The molecule has 0 bridgehead atoms. The quantitative estimate of drug-likeness (QED) is 0.702. The third kappa shape index (κ3) is 2.52. The average molecular weight is 195 g/mol. The van der Waals surface area contributed by atoms with Crippen LogP contribution >= 0.6 is 0 Å². The molecule has 0 atom stereocenters. The van der Waals surface area contributed by atoms with Crippen LogP contribution in [0.4, 0.5) is 0 Å². The molecule has 14 heavy (non-hydrogen) atoms. The molecule has 0 radical (unpaired) electrons. The summed E-state index contributed by atoms with van der Waals surface area (Å²) in [5, 5.41) is 3.66. The van der Waals surface area contributed by atoms with Crippen LogP contribution in [0.2, 0.25) is 0 Å². The van der Waals surface area contributed by atoms with Crippen molar-refractivity contribution in [2.75, 3.05) is 0 Å². The summed E-state index contributed by atoms with van der Waals surface area (Å²) in [7, 11) is 0. The van der Waals surface area contributed by atoms with Crippen molar-refractivity contribution in [2.45, 2.75) is 66.3 Å². The van der Waals surface area contributed by atoms with Crippen LogP contribution in [0.25, 0.3) is 0 Å². The van der Waals surface area contributed by atoms with Crippen molar-refractivity contribution in [3.63, 3.8) is 0 Å². The molecule has 1 saturated carbocycles. The van der Waals surface area contributed by atoms with Gasteiger partial charge in [0.1, 0.15) is 0 Å². The van der Waals surface area contributed by atoms with Gasteiger partial charge in [-0.15, -0.1) is 0 Å². The highest BCUT2D eigenvalue weighted by Gasteiger charge is 2.31. The molecule has 0 aromatic heterocycles. The molecule has 0 spiro atoms. The van der Waals surface area contributed by atoms with Gasteiger partial charge in [0, 0.05) is 17.2 Å². The van der Waals surface area contributed by atoms with Gasteiger partial charge >= 0.3 is 0 Å². The van der Waals surface area contributed by atoms with E-state index in [9.17, 15) is 0 Å². The van der Waals surface area contributed by atoms with Gasteiger partial charge in [-0.25, -0.2) is 0 Å². The van der Waals surface area contributed by atoms with Gasteiger partial charge in [0.25, 0.3) is 0 Å². The Balaban J connectivity index is 2.83. The summed E-state index contributed by atoms with van der Waals surface area (Å²) in [6, 6.07) is 0.565. The lowest BCUT2D eigenvalue weighted by atomic mass is 9.80. The van der Waals surface area contributed by atoms with Gasteiger partial charge in [0.05, 0.1) is 0 Å². The van der Waals surface area contributed by atoms with Crippen molar-refractivity contribution < 1.29 is 0 Å². The highest BCUT2D eigenvalue weighted by atomic mass is 14.9. The molecule has 0 aromatic carbocycles. The molecule has 0 amide bonds. The predicted molar refractivity (Wildman–Crippen MR) is 63.2 cm³/mol. The molecule has 0 aromatic rings. The molecule has 0 aliphatic heterocycles. The Hall–Kier alpha value is -0.460. The van der Waals surface area contributed by atoms with Crippen molar-refractivity contribution in [3.05, 3.63) is 11.3 Å². The molecule has 1 aliphatic rings. The van der Waals surface area contributed by atoms with Crippen molar-refractivity contribution in [2.24, 2.45) is 5.41 Å². The van der Waals surface area contributed by atoms with Crippen LogP contribution in [0.15, 0.2) is 11.3 Å². The summed E-state index contributed by atoms with van der Waals surface area (Å²) in [5.74, 6) is 0. The Morgan fingerprint density at radius 2 is 1.79 bits per heavy atom. The van der Waals surface area contributed by atoms with Gasteiger partial charge in [-0.3, -0.25) is 0 Å². The fraction of sp³-hybridized carbons (Fsp3) is 0.846. The van der Waals surface area contributed by atoms with Crippen LogP contribution in [0, 0.1) is 5.41 Å². The molecule has 1 aliphatic carbocycles. The molecule has 1 fully saturated rings. The zero-order chi connectivity index (χ0) is 10.8. The van der Waals surface area contributed by atoms with E-state index in [0.717, 1.165) is 0 Å². The molecular formula is C13H25N. The maximum absolute atomic E-state index is 3.66. The highest BCUT2D eigenvalue weighted by Crippen LogP contribution is 2.42. The lowest BCUT2D eigenvalue weighted by Gasteiger charge is -2.32. The number of allylic oxidation sites excluding steroid dienone is 2. The van der Waals surface area contributed by atoms with Gasteiger partial charge in [-0.1, -0.05) is 26.3 Å². The molecule has 1 N–H and O–H groups in total. The maximum atomic E-state index is 3.66. The zero-order valence-electron chi connectivity index (χ0n) is 10.4. The first kappa shape index (κ1) is 11.6. The third-order valence-corrected chi connectivity index (χ3v) is 3.45. The van der Waals surface area contributed by atoms with Gasteiger partial charge in [-0.2, -0.15) is 0 Å². The molecular weight excluding hydrogens is 170 g/mol. The van der Waals surface area contributed by atoms with E-state index >= 15 is 0 Å². The fourth-order valence-corrected chi connectivity index (χ4v) is 1.91. The Morgan fingerprint density at radius 1 is 1.29 bits per heavy atom. The highest BCUT2D eigenvalue weighted by molar-refractivity contribution is 5.29. The maximum Gasteiger partial charge on any atom is 0.0201 e. The van der Waals surface area contributed by atoms with Gasteiger partial charge < -0.3 is 5.32 Å². The molecule has 1 nitrogen and oxygen atoms in total. The summed E-state index contributed by atoms with van der Waals surface area (Å²) in [6.45, 7) is 11.5. The number of nitrogens with one attached hydrogen (secondary N) is 1. The molecule has 1 heteroatoms. The Kier molecular flexibility index (Phi) is 3.63. The Bertz CT molecular complexity index is 215. The minimum Gasteiger partial charge on any atom is -0.386 e. The summed E-state index contributed by atoms with van der Waals surface area (Å²) < 4.78 is 0. The van der Waals surface area contributed by atoms with Crippen molar-refractivity contribution >= 4 is 0 Å². The lowest BCUT2D eigenvalue weighted by molar-refractivity contribution is 0.334. The first-order valence-electron chi connectivity index (χ1n) is 6.02. The second-order valence-corrected chi connectivity index (χ2v) is 5.05. The summed E-state index contributed by atoms with van der Waals surface area (Å²) in [6.07, 6.45) is 5.12. The van der Waals surface area contributed by atoms with E-state index in [1.165, 1.54) is 25.7 Å². The normalized spacial score (nSPS) is 16.0. The monoisotopic (exact) mass is 195 g/mol. The minimum absolute atomic E-state index is 0.385. The summed E-state index contributed by atoms with van der Waals surface area (Å²) in [4.78, 5) is 0. The first-order valence-corrected chi connectivity index (χ1v) is 6.02. The van der Waals surface area contributed by atoms with Crippen LogP contribution in [-0.4, -0.2) is 6.04 Å². The molecule has 82 valence electrons. The Morgan fingerprint density at radius 3 is 2.07 bits per heavy atom. The molecule has 0 heterocycles. The average Bonchev–Trinajstić information content (AvgIpc) is 2.96. The standard InChI is InChI=1S/C13H25N/c1-6-13(5,7-2)12(11-8-9-11)14-10(3)4/h10,14H,6-9H2,1-5H3. The molecule has 0 saturated heterocycles. The number of rotatable bonds is 5. The summed E-state index contributed by atoms with van der Waals surface area (Å²) >= 11 is 0. The van der Waals surface area contributed by atoms with Crippen LogP contribution in [-0.2, 0) is 0 Å². The molecule has 0 unspecified atom stereocenters. The van der Waals surface area contributed by atoms with Gasteiger partial charge in [-0.05, 0) is 39.5 Å². The fourth-order valence-electron chi connectivity index (χ4n) is 1.91. The topological polar surface area (TPSA) is 12.0 Å². The molecule has 1 rings (SSSR count). The van der Waals surface area contributed by atoms with Crippen LogP contribution in [0.1, 0.15) is 60.3 Å². The Labute approximate surface area is 89.0 Å². The second-order valence-electron chi connectivity index (χ2n) is 5.05. The van der Waals surface area contributed by atoms with E-state index in [0.29, 0.717) is 11.5 Å². The first-order chi connectivity index (χ1) is 6.53. The predicted octanol–water partition coefficient (Wildman–Crippen LogP) is 3.86. The number of hydrogen-bond donors (Lipinski definition) is 1. The van der Waals surface area contributed by atoms with Crippen molar-refractivity contribution in [1.82, 2.24) is 5.32 Å². The van der Waals surface area contributed by atoms with Crippen LogP contribution < -0.4 is 5.32 Å². The van der Waals surface area contributed by atoms with E-state index < -0.39 is 0 Å². The van der Waals surface area contributed by atoms with Gasteiger partial charge in [0.2, 0.25) is 0 Å². The number of hydrogen-bond acceptors (Lipinski definition) is 1. The largest absolute Gasteiger partial charge is 0.386 e.